The largest absolute Gasteiger partial charge is 0.480 e. The number of hydrogen-bond donors (Lipinski definition) is 2. The Labute approximate surface area is 83.4 Å². The van der Waals surface area contributed by atoms with Crippen molar-refractivity contribution in [2.75, 3.05) is 13.7 Å². The van der Waals surface area contributed by atoms with Gasteiger partial charge < -0.3 is 15.2 Å². The van der Waals surface area contributed by atoms with E-state index in [-0.39, 0.29) is 12.5 Å². The number of carboxylic acid groups (broad SMARTS) is 1. The van der Waals surface area contributed by atoms with Gasteiger partial charge in [0, 0.05) is 7.11 Å². The van der Waals surface area contributed by atoms with Gasteiger partial charge in [0.25, 0.3) is 0 Å². The number of rotatable bonds is 6. The lowest BCUT2D eigenvalue weighted by Crippen LogP contribution is -2.46. The second-order valence-corrected chi connectivity index (χ2v) is 3.20. The van der Waals surface area contributed by atoms with Crippen molar-refractivity contribution < 1.29 is 19.4 Å². The molecule has 0 spiro atoms. The molecule has 0 aliphatic heterocycles. The van der Waals surface area contributed by atoms with E-state index >= 15 is 0 Å². The fourth-order valence-corrected chi connectivity index (χ4v) is 1.03. The molecular formula is C9H17NO4. The molecule has 5 nitrogen and oxygen atoms in total. The molecule has 2 atom stereocenters. The average Bonchev–Trinajstić information content (AvgIpc) is 2.13. The van der Waals surface area contributed by atoms with E-state index < -0.39 is 17.9 Å². The number of aliphatic carboxylic acids is 1. The molecule has 0 radical (unpaired) electrons. The Balaban J connectivity index is 4.23. The van der Waals surface area contributed by atoms with Crippen LogP contribution in [0, 0.1) is 5.92 Å². The van der Waals surface area contributed by atoms with Crippen molar-refractivity contribution in [1.82, 2.24) is 5.32 Å². The molecule has 0 aliphatic rings. The molecule has 0 saturated carbocycles. The number of nitrogens with one attached hydrogen (secondary N) is 1. The highest BCUT2D eigenvalue weighted by Crippen LogP contribution is 2.07. The van der Waals surface area contributed by atoms with Gasteiger partial charge in [-0.15, -0.1) is 0 Å². The van der Waals surface area contributed by atoms with Gasteiger partial charge in [0.2, 0.25) is 5.91 Å². The molecule has 14 heavy (non-hydrogen) atoms. The normalized spacial score (nSPS) is 14.5. The lowest BCUT2D eigenvalue weighted by molar-refractivity contribution is -0.143. The minimum Gasteiger partial charge on any atom is -0.480 e. The summed E-state index contributed by atoms with van der Waals surface area (Å²) in [5, 5.41) is 11.2. The van der Waals surface area contributed by atoms with Gasteiger partial charge in [-0.2, -0.15) is 0 Å². The molecule has 0 bridgehead atoms. The van der Waals surface area contributed by atoms with Crippen molar-refractivity contribution in [1.29, 1.82) is 0 Å². The Morgan fingerprint density at radius 2 is 2.07 bits per heavy atom. The smallest absolute Gasteiger partial charge is 0.326 e. The first-order valence-corrected chi connectivity index (χ1v) is 4.54. The molecular weight excluding hydrogens is 186 g/mol. The Hall–Kier alpha value is -1.10. The zero-order valence-electron chi connectivity index (χ0n) is 8.74. The van der Waals surface area contributed by atoms with Crippen molar-refractivity contribution in [2.24, 2.45) is 5.92 Å². The van der Waals surface area contributed by atoms with Crippen molar-refractivity contribution in [3.63, 3.8) is 0 Å². The van der Waals surface area contributed by atoms with Gasteiger partial charge in [0.1, 0.15) is 12.6 Å². The lowest BCUT2D eigenvalue weighted by atomic mass is 9.99. The number of carbonyl (C=O) groups is 2. The fourth-order valence-electron chi connectivity index (χ4n) is 1.03. The van der Waals surface area contributed by atoms with Crippen molar-refractivity contribution in [3.8, 4) is 0 Å². The molecule has 1 amide bonds. The van der Waals surface area contributed by atoms with E-state index in [2.05, 4.69) is 10.1 Å². The number of ether oxygens (including phenoxy) is 1. The fraction of sp³-hybridized carbons (Fsp3) is 0.778. The summed E-state index contributed by atoms with van der Waals surface area (Å²) in [6, 6.07) is -0.831. The summed E-state index contributed by atoms with van der Waals surface area (Å²) < 4.78 is 4.59. The van der Waals surface area contributed by atoms with Gasteiger partial charge in [-0.25, -0.2) is 4.79 Å². The molecule has 2 N–H and O–H groups in total. The molecule has 0 heterocycles. The number of carboxylic acids is 1. The van der Waals surface area contributed by atoms with Gasteiger partial charge in [0.05, 0.1) is 0 Å². The van der Waals surface area contributed by atoms with Crippen LogP contribution in [0.3, 0.4) is 0 Å². The topological polar surface area (TPSA) is 75.6 Å². The number of methoxy groups -OCH3 is 1. The van der Waals surface area contributed by atoms with Crippen LogP contribution in [0.1, 0.15) is 20.3 Å². The standard InChI is InChI=1S/C9H17NO4/c1-4-6(2)8(9(12)13)10-7(11)5-14-3/h6,8H,4-5H2,1-3H3,(H,10,11)(H,12,13)/t6?,8-/m0/s1. The van der Waals surface area contributed by atoms with Crippen LogP contribution < -0.4 is 5.32 Å². The van der Waals surface area contributed by atoms with E-state index in [9.17, 15) is 9.59 Å². The molecule has 0 aromatic carbocycles. The van der Waals surface area contributed by atoms with E-state index in [1.54, 1.807) is 6.92 Å². The van der Waals surface area contributed by atoms with Crippen LogP contribution in [0.25, 0.3) is 0 Å². The van der Waals surface area contributed by atoms with Crippen LogP contribution in [0.2, 0.25) is 0 Å². The van der Waals surface area contributed by atoms with Gasteiger partial charge >= 0.3 is 5.97 Å². The highest BCUT2D eigenvalue weighted by molar-refractivity contribution is 5.84. The zero-order chi connectivity index (χ0) is 11.1. The zero-order valence-corrected chi connectivity index (χ0v) is 8.74. The molecule has 0 rings (SSSR count). The third-order valence-corrected chi connectivity index (χ3v) is 2.07. The highest BCUT2D eigenvalue weighted by Gasteiger charge is 2.24. The monoisotopic (exact) mass is 203 g/mol. The number of carbonyl (C=O) groups excluding carboxylic acids is 1. The first kappa shape index (κ1) is 12.9. The molecule has 0 aliphatic carbocycles. The SMILES string of the molecule is CCC(C)[C@H](NC(=O)COC)C(=O)O. The molecule has 1 unspecified atom stereocenters. The van der Waals surface area contributed by atoms with Crippen LogP contribution >= 0.6 is 0 Å². The highest BCUT2D eigenvalue weighted by atomic mass is 16.5. The Bertz CT molecular complexity index is 205. The summed E-state index contributed by atoms with van der Waals surface area (Å²) in [7, 11) is 1.39. The molecule has 5 heteroatoms. The lowest BCUT2D eigenvalue weighted by Gasteiger charge is -2.19. The average molecular weight is 203 g/mol. The number of amides is 1. The quantitative estimate of drug-likeness (QED) is 0.648. The van der Waals surface area contributed by atoms with Crippen molar-refractivity contribution in [2.45, 2.75) is 26.3 Å². The maximum atomic E-state index is 11.1. The van der Waals surface area contributed by atoms with Crippen molar-refractivity contribution >= 4 is 11.9 Å². The minimum absolute atomic E-state index is 0.0895. The Morgan fingerprint density at radius 3 is 2.43 bits per heavy atom. The maximum absolute atomic E-state index is 11.1. The summed E-state index contributed by atoms with van der Waals surface area (Å²) in [6.45, 7) is 3.55. The van der Waals surface area contributed by atoms with Crippen LogP contribution in [-0.2, 0) is 14.3 Å². The summed E-state index contributed by atoms with van der Waals surface area (Å²) in [6.07, 6.45) is 0.699. The predicted octanol–water partition coefficient (Wildman–Crippen LogP) is 0.248. The summed E-state index contributed by atoms with van der Waals surface area (Å²) >= 11 is 0. The van der Waals surface area contributed by atoms with Crippen LogP contribution in [-0.4, -0.2) is 36.7 Å². The molecule has 0 saturated heterocycles. The van der Waals surface area contributed by atoms with Gasteiger partial charge in [-0.3, -0.25) is 4.79 Å². The van der Waals surface area contributed by atoms with E-state index in [1.165, 1.54) is 7.11 Å². The predicted molar refractivity (Wildman–Crippen MR) is 50.9 cm³/mol. The second kappa shape index (κ2) is 6.37. The first-order chi connectivity index (χ1) is 6.52. The Kier molecular flexibility index (Phi) is 5.87. The molecule has 0 aromatic heterocycles. The van der Waals surface area contributed by atoms with Crippen LogP contribution in [0.15, 0.2) is 0 Å². The number of hydrogen-bond acceptors (Lipinski definition) is 3. The van der Waals surface area contributed by atoms with Gasteiger partial charge in [0.15, 0.2) is 0 Å². The van der Waals surface area contributed by atoms with Crippen LogP contribution in [0.5, 0.6) is 0 Å². The third-order valence-electron chi connectivity index (χ3n) is 2.07. The first-order valence-electron chi connectivity index (χ1n) is 4.54. The van der Waals surface area contributed by atoms with E-state index in [1.807, 2.05) is 6.92 Å². The molecule has 0 fully saturated rings. The maximum Gasteiger partial charge on any atom is 0.326 e. The summed E-state index contributed by atoms with van der Waals surface area (Å²) in [5.41, 5.74) is 0. The van der Waals surface area contributed by atoms with E-state index in [4.69, 9.17) is 5.11 Å². The minimum atomic E-state index is -1.01. The molecule has 82 valence electrons. The van der Waals surface area contributed by atoms with Gasteiger partial charge in [-0.05, 0) is 5.92 Å². The summed E-state index contributed by atoms with van der Waals surface area (Å²) in [5.74, 6) is -1.50. The van der Waals surface area contributed by atoms with E-state index in [0.29, 0.717) is 6.42 Å². The van der Waals surface area contributed by atoms with E-state index in [0.717, 1.165) is 0 Å². The van der Waals surface area contributed by atoms with Crippen molar-refractivity contribution in [3.05, 3.63) is 0 Å². The van der Waals surface area contributed by atoms with Gasteiger partial charge in [-0.1, -0.05) is 20.3 Å². The summed E-state index contributed by atoms with van der Waals surface area (Å²) in [4.78, 5) is 21.9. The Morgan fingerprint density at radius 1 is 1.50 bits per heavy atom. The molecule has 0 aromatic rings. The third kappa shape index (κ3) is 4.23. The van der Waals surface area contributed by atoms with Crippen LogP contribution in [0.4, 0.5) is 0 Å². The second-order valence-electron chi connectivity index (χ2n) is 3.20.